The van der Waals surface area contributed by atoms with Crippen molar-refractivity contribution in [3.8, 4) is 11.1 Å². The fraction of sp³-hybridized carbons (Fsp3) is 0.143. The van der Waals surface area contributed by atoms with Crippen LogP contribution in [0.25, 0.3) is 32.7 Å². The predicted molar refractivity (Wildman–Crippen MR) is 200 cm³/mol. The highest BCUT2D eigenvalue weighted by Crippen LogP contribution is 2.47. The Morgan fingerprint density at radius 3 is 0.940 bits per heavy atom. The topological polar surface area (TPSA) is 74.8 Å². The molecule has 0 saturated heterocycles. The summed E-state index contributed by atoms with van der Waals surface area (Å²) in [6.07, 6.45) is 0. The van der Waals surface area contributed by atoms with E-state index in [0.717, 1.165) is 33.4 Å². The van der Waals surface area contributed by atoms with Crippen LogP contribution in [-0.2, 0) is 0 Å². The molecule has 0 fully saturated rings. The molecule has 0 N–H and O–H groups in total. The molecule has 6 nitrogen and oxygen atoms in total. The lowest BCUT2D eigenvalue weighted by Crippen LogP contribution is -2.41. The van der Waals surface area contributed by atoms with E-state index in [1.54, 1.807) is 48.5 Å². The third-order valence-electron chi connectivity index (χ3n) is 9.96. The number of aryl methyl sites for hydroxylation is 6. The monoisotopic (exact) mass is 696 g/mol. The van der Waals surface area contributed by atoms with Crippen LogP contribution in [0.2, 0.25) is 10.0 Å². The number of hydrogen-bond donors (Lipinski definition) is 0. The minimum absolute atomic E-state index is 0.345. The van der Waals surface area contributed by atoms with Gasteiger partial charge in [0.25, 0.3) is 23.6 Å². The van der Waals surface area contributed by atoms with Crippen molar-refractivity contribution in [1.29, 1.82) is 0 Å². The molecule has 8 rings (SSSR count). The summed E-state index contributed by atoms with van der Waals surface area (Å²) in [7, 11) is 0. The van der Waals surface area contributed by atoms with Gasteiger partial charge in [-0.05, 0) is 111 Å². The summed E-state index contributed by atoms with van der Waals surface area (Å²) in [5.41, 5.74) is 9.12. The second-order valence-electron chi connectivity index (χ2n) is 13.4. The van der Waals surface area contributed by atoms with Crippen LogP contribution in [0.4, 0.5) is 11.4 Å². The van der Waals surface area contributed by atoms with Crippen molar-refractivity contribution in [3.63, 3.8) is 0 Å². The second-order valence-corrected chi connectivity index (χ2v) is 14.2. The molecule has 2 aliphatic heterocycles. The molecule has 4 amide bonds. The number of rotatable bonds is 3. The first kappa shape index (κ1) is 31.9. The molecule has 0 unspecified atom stereocenters. The van der Waals surface area contributed by atoms with Gasteiger partial charge in [0.15, 0.2) is 0 Å². The summed E-state index contributed by atoms with van der Waals surface area (Å²) in [6.45, 7) is 11.5. The van der Waals surface area contributed by atoms with Gasteiger partial charge in [0.05, 0.1) is 11.4 Å². The van der Waals surface area contributed by atoms with E-state index in [1.165, 1.54) is 9.80 Å². The van der Waals surface area contributed by atoms with E-state index in [2.05, 4.69) is 0 Å². The minimum atomic E-state index is -0.440. The number of nitrogens with zero attached hydrogens (tertiary/aromatic N) is 2. The number of carbonyl (C=O) groups excluding carboxylic acids is 4. The van der Waals surface area contributed by atoms with Crippen molar-refractivity contribution in [1.82, 2.24) is 0 Å². The highest BCUT2D eigenvalue weighted by atomic mass is 35.5. The van der Waals surface area contributed by atoms with E-state index in [0.29, 0.717) is 76.3 Å². The maximum Gasteiger partial charge on any atom is 0.266 e. The molecule has 0 bridgehead atoms. The smallest absolute Gasteiger partial charge is 0.266 e. The quantitative estimate of drug-likeness (QED) is 0.173. The predicted octanol–water partition coefficient (Wildman–Crippen LogP) is 10.4. The average Bonchev–Trinajstić information content (AvgIpc) is 3.05. The first-order valence-electron chi connectivity index (χ1n) is 16.2. The zero-order chi connectivity index (χ0) is 35.5. The van der Waals surface area contributed by atoms with Gasteiger partial charge in [0, 0.05) is 53.8 Å². The third kappa shape index (κ3) is 4.35. The van der Waals surface area contributed by atoms with E-state index in [9.17, 15) is 19.2 Å². The van der Waals surface area contributed by atoms with Crippen molar-refractivity contribution in [2.45, 2.75) is 41.5 Å². The van der Waals surface area contributed by atoms with E-state index >= 15 is 0 Å². The van der Waals surface area contributed by atoms with E-state index in [4.69, 9.17) is 23.2 Å². The number of benzene rings is 6. The standard InChI is InChI=1S/C42H30Cl2N2O4/c1-19-15-21(3)37(22(4)16-19)45-39(47)27-9-7-25(35-31(43)13-11-29(33(27)35)41(45)49)26-8-10-28-34-30(12-14-32(44)36(26)34)42(50)46(40(28)48)38-23(5)17-20(2)18-24(38)6/h7-18H,1-6H3. The maximum absolute atomic E-state index is 14.2. The van der Waals surface area contributed by atoms with Gasteiger partial charge in [-0.1, -0.05) is 70.7 Å². The molecule has 0 saturated carbocycles. The molecule has 0 aliphatic carbocycles. The molecule has 50 heavy (non-hydrogen) atoms. The van der Waals surface area contributed by atoms with Gasteiger partial charge in [-0.3, -0.25) is 19.2 Å². The fourth-order valence-electron chi connectivity index (χ4n) is 8.19. The summed E-state index contributed by atoms with van der Waals surface area (Å²) in [5, 5.41) is 2.61. The molecule has 0 spiro atoms. The van der Waals surface area contributed by atoms with Crippen LogP contribution in [-0.4, -0.2) is 23.6 Å². The Bertz CT molecular complexity index is 2350. The number of amides is 4. The van der Waals surface area contributed by atoms with Crippen molar-refractivity contribution in [3.05, 3.63) is 138 Å². The lowest BCUT2D eigenvalue weighted by molar-refractivity contribution is 0.0877. The number of halogens is 2. The summed E-state index contributed by atoms with van der Waals surface area (Å²) in [4.78, 5) is 59.4. The van der Waals surface area contributed by atoms with Gasteiger partial charge in [-0.15, -0.1) is 0 Å². The first-order valence-corrected chi connectivity index (χ1v) is 17.0. The van der Waals surface area contributed by atoms with E-state index < -0.39 is 23.6 Å². The van der Waals surface area contributed by atoms with Crippen LogP contribution in [0, 0.1) is 41.5 Å². The van der Waals surface area contributed by atoms with Gasteiger partial charge >= 0.3 is 0 Å². The number of imide groups is 2. The average molecular weight is 698 g/mol. The Kier molecular flexibility index (Phi) is 7.09. The molecule has 8 heteroatoms. The van der Waals surface area contributed by atoms with Gasteiger partial charge in [0.1, 0.15) is 0 Å². The molecule has 6 aromatic carbocycles. The Balaban J connectivity index is 1.35. The lowest BCUT2D eigenvalue weighted by Gasteiger charge is -2.31. The largest absolute Gasteiger partial charge is 0.268 e. The van der Waals surface area contributed by atoms with Crippen molar-refractivity contribution in [2.75, 3.05) is 9.80 Å². The normalized spacial score (nSPS) is 14.1. The Morgan fingerprint density at radius 1 is 0.380 bits per heavy atom. The van der Waals surface area contributed by atoms with Crippen LogP contribution in [0.15, 0.2) is 72.8 Å². The summed E-state index contributed by atoms with van der Waals surface area (Å²) >= 11 is 13.9. The SMILES string of the molecule is Cc1cc(C)c(N2C(=O)c3ccc(Cl)c4c(-c5ccc6c7c(ccc(Cl)c57)C(=O)N(c5c(C)cc(C)cc5C)C6=O)ccc(c34)C2=O)c(C)c1. The first-order chi connectivity index (χ1) is 23.8. The van der Waals surface area contributed by atoms with Crippen molar-refractivity contribution in [2.24, 2.45) is 0 Å². The van der Waals surface area contributed by atoms with E-state index in [1.807, 2.05) is 65.8 Å². The minimum Gasteiger partial charge on any atom is -0.268 e. The van der Waals surface area contributed by atoms with Crippen molar-refractivity contribution >= 4 is 79.8 Å². The molecule has 2 aliphatic rings. The summed E-state index contributed by atoms with van der Waals surface area (Å²) < 4.78 is 0. The third-order valence-corrected chi connectivity index (χ3v) is 10.6. The highest BCUT2D eigenvalue weighted by molar-refractivity contribution is 6.45. The molecular formula is C42H30Cl2N2O4. The van der Waals surface area contributed by atoms with Crippen LogP contribution < -0.4 is 9.80 Å². The molecule has 6 aromatic rings. The fourth-order valence-corrected chi connectivity index (χ4v) is 8.71. The van der Waals surface area contributed by atoms with Crippen LogP contribution in [0.1, 0.15) is 74.8 Å². The van der Waals surface area contributed by atoms with Gasteiger partial charge in [0.2, 0.25) is 0 Å². The number of carbonyl (C=O) groups is 4. The zero-order valence-electron chi connectivity index (χ0n) is 28.2. The van der Waals surface area contributed by atoms with Gasteiger partial charge in [-0.2, -0.15) is 0 Å². The van der Waals surface area contributed by atoms with Crippen LogP contribution >= 0.6 is 23.2 Å². The summed E-state index contributed by atoms with van der Waals surface area (Å²) in [6, 6.07) is 21.5. The van der Waals surface area contributed by atoms with E-state index in [-0.39, 0.29) is 0 Å². The van der Waals surface area contributed by atoms with Crippen molar-refractivity contribution < 1.29 is 19.2 Å². The maximum atomic E-state index is 14.2. The van der Waals surface area contributed by atoms with Gasteiger partial charge < -0.3 is 0 Å². The summed E-state index contributed by atoms with van der Waals surface area (Å²) in [5.74, 6) is -1.76. The van der Waals surface area contributed by atoms with Crippen LogP contribution in [0.3, 0.4) is 0 Å². The molecule has 246 valence electrons. The molecule has 2 heterocycles. The Labute approximate surface area is 298 Å². The highest BCUT2D eigenvalue weighted by Gasteiger charge is 2.39. The molecule has 0 atom stereocenters. The number of anilines is 2. The molecule has 0 aromatic heterocycles. The second kappa shape index (κ2) is 11.1. The molecular weight excluding hydrogens is 667 g/mol. The Hall–Kier alpha value is -5.30. The lowest BCUT2D eigenvalue weighted by atomic mass is 9.84. The Morgan fingerprint density at radius 2 is 0.640 bits per heavy atom. The van der Waals surface area contributed by atoms with Gasteiger partial charge in [-0.25, -0.2) is 9.80 Å². The molecule has 0 radical (unpaired) electrons. The van der Waals surface area contributed by atoms with Crippen LogP contribution in [0.5, 0.6) is 0 Å². The number of hydrogen-bond acceptors (Lipinski definition) is 4. The zero-order valence-corrected chi connectivity index (χ0v) is 29.7.